The van der Waals surface area contributed by atoms with Crippen LogP contribution in [0.15, 0.2) is 71.9 Å². The molecule has 3 rings (SSSR count). The normalized spacial score (nSPS) is 11.9. The fraction of sp³-hybridized carbons (Fsp3) is 0.100. The number of carbonyl (C=O) groups is 2. The highest BCUT2D eigenvalue weighted by molar-refractivity contribution is 7.92. The van der Waals surface area contributed by atoms with Gasteiger partial charge in [0.05, 0.1) is 10.5 Å². The van der Waals surface area contributed by atoms with Crippen molar-refractivity contribution >= 4 is 39.2 Å². The minimum atomic E-state index is -3.89. The average Bonchev–Trinajstić information content (AvgIpc) is 2.74. The summed E-state index contributed by atoms with van der Waals surface area (Å²) >= 11 is 0. The number of carbonyl (C=O) groups excluding carboxylic acids is 2. The first-order chi connectivity index (χ1) is 14.7. The smallest absolute Gasteiger partial charge is 0.338 e. The maximum absolute atomic E-state index is 12.4. The molecular weight excluding hydrogens is 422 g/mol. The third-order valence-corrected chi connectivity index (χ3v) is 5.34. The minimum Gasteiger partial charge on any atom is -0.449 e. The number of aromatic nitrogens is 2. The molecule has 0 aliphatic rings. The zero-order valence-corrected chi connectivity index (χ0v) is 17.2. The van der Waals surface area contributed by atoms with Gasteiger partial charge in [0.2, 0.25) is 5.95 Å². The number of ether oxygens (including phenoxy) is 1. The predicted octanol–water partition coefficient (Wildman–Crippen LogP) is 2.04. The average molecular weight is 441 g/mol. The van der Waals surface area contributed by atoms with Crippen LogP contribution < -0.4 is 15.8 Å². The molecule has 11 heteroatoms. The van der Waals surface area contributed by atoms with Crippen molar-refractivity contribution in [1.29, 1.82) is 0 Å². The number of nitrogens with one attached hydrogen (secondary N) is 2. The van der Waals surface area contributed by atoms with E-state index in [1.165, 1.54) is 55.7 Å². The van der Waals surface area contributed by atoms with E-state index in [9.17, 15) is 18.0 Å². The largest absolute Gasteiger partial charge is 0.449 e. The van der Waals surface area contributed by atoms with E-state index >= 15 is 0 Å². The van der Waals surface area contributed by atoms with Gasteiger partial charge in [0.25, 0.3) is 15.9 Å². The first-order valence-corrected chi connectivity index (χ1v) is 10.5. The molecule has 160 valence electrons. The van der Waals surface area contributed by atoms with Crippen molar-refractivity contribution in [3.05, 3.63) is 72.6 Å². The molecule has 0 saturated heterocycles. The highest BCUT2D eigenvalue weighted by Gasteiger charge is 2.20. The number of hydrogen-bond donors (Lipinski definition) is 3. The Morgan fingerprint density at radius 3 is 2.35 bits per heavy atom. The van der Waals surface area contributed by atoms with Gasteiger partial charge in [-0.05, 0) is 55.5 Å². The van der Waals surface area contributed by atoms with Gasteiger partial charge in [0.15, 0.2) is 6.10 Å². The Morgan fingerprint density at radius 1 is 1.03 bits per heavy atom. The maximum Gasteiger partial charge on any atom is 0.338 e. The van der Waals surface area contributed by atoms with Crippen LogP contribution >= 0.6 is 0 Å². The number of nitrogens with zero attached hydrogens (tertiary/aromatic N) is 2. The molecule has 31 heavy (non-hydrogen) atoms. The van der Waals surface area contributed by atoms with Crippen LogP contribution in [0, 0.1) is 0 Å². The molecule has 4 N–H and O–H groups in total. The first-order valence-electron chi connectivity index (χ1n) is 9.02. The van der Waals surface area contributed by atoms with Crippen LogP contribution in [0.1, 0.15) is 17.3 Å². The number of esters is 1. The van der Waals surface area contributed by atoms with Gasteiger partial charge < -0.3 is 15.8 Å². The van der Waals surface area contributed by atoms with Crippen molar-refractivity contribution in [2.45, 2.75) is 17.9 Å². The summed E-state index contributed by atoms with van der Waals surface area (Å²) < 4.78 is 32.2. The number of amides is 1. The number of nitrogens with two attached hydrogens (primary N) is 1. The number of hydrogen-bond acceptors (Lipinski definition) is 8. The number of sulfonamides is 1. The third-order valence-electron chi connectivity index (χ3n) is 4.00. The molecule has 3 aromatic rings. The summed E-state index contributed by atoms with van der Waals surface area (Å²) in [5.74, 6) is -1.33. The Balaban J connectivity index is 1.61. The summed E-state index contributed by atoms with van der Waals surface area (Å²) in [7, 11) is -3.89. The maximum atomic E-state index is 12.4. The minimum absolute atomic E-state index is 0.0425. The molecule has 1 aromatic heterocycles. The van der Waals surface area contributed by atoms with E-state index in [1.54, 1.807) is 18.2 Å². The number of rotatable bonds is 7. The van der Waals surface area contributed by atoms with Gasteiger partial charge in [-0.3, -0.25) is 4.79 Å². The summed E-state index contributed by atoms with van der Waals surface area (Å²) in [6, 6.07) is 13.2. The highest BCUT2D eigenvalue weighted by Crippen LogP contribution is 2.17. The van der Waals surface area contributed by atoms with Crippen LogP contribution in [0.4, 0.5) is 17.3 Å². The molecular formula is C20H19N5O5S. The van der Waals surface area contributed by atoms with Gasteiger partial charge in [0.1, 0.15) is 0 Å². The lowest BCUT2D eigenvalue weighted by molar-refractivity contribution is -0.123. The number of nitrogen functional groups attached to an aromatic ring is 1. The molecule has 0 saturated carbocycles. The van der Waals surface area contributed by atoms with E-state index in [4.69, 9.17) is 10.5 Å². The van der Waals surface area contributed by atoms with Gasteiger partial charge >= 0.3 is 5.97 Å². The summed E-state index contributed by atoms with van der Waals surface area (Å²) in [4.78, 5) is 32.0. The number of benzene rings is 2. The van der Waals surface area contributed by atoms with E-state index in [-0.39, 0.29) is 16.4 Å². The second kappa shape index (κ2) is 9.22. The van der Waals surface area contributed by atoms with Crippen molar-refractivity contribution in [2.75, 3.05) is 15.8 Å². The SMILES string of the molecule is CC(OC(=O)c1cccc(N)c1)C(=O)Nc1ccc(S(=O)(=O)Nc2ncccn2)cc1. The fourth-order valence-electron chi connectivity index (χ4n) is 2.44. The lowest BCUT2D eigenvalue weighted by Crippen LogP contribution is -2.30. The third kappa shape index (κ3) is 5.76. The van der Waals surface area contributed by atoms with Crippen LogP contribution in [0.25, 0.3) is 0 Å². The Kier molecular flexibility index (Phi) is 6.46. The van der Waals surface area contributed by atoms with E-state index in [1.807, 2.05) is 0 Å². The molecule has 0 aliphatic heterocycles. The van der Waals surface area contributed by atoms with Crippen molar-refractivity contribution in [1.82, 2.24) is 9.97 Å². The summed E-state index contributed by atoms with van der Waals surface area (Å²) in [6.45, 7) is 1.42. The highest BCUT2D eigenvalue weighted by atomic mass is 32.2. The van der Waals surface area contributed by atoms with Crippen LogP contribution in [0.5, 0.6) is 0 Å². The predicted molar refractivity (Wildman–Crippen MR) is 114 cm³/mol. The zero-order chi connectivity index (χ0) is 22.4. The van der Waals surface area contributed by atoms with Gasteiger partial charge in [0, 0.05) is 23.8 Å². The molecule has 1 heterocycles. The lowest BCUT2D eigenvalue weighted by atomic mass is 10.2. The van der Waals surface area contributed by atoms with Crippen LogP contribution in [-0.2, 0) is 19.6 Å². The van der Waals surface area contributed by atoms with Crippen molar-refractivity contribution in [3.8, 4) is 0 Å². The topological polar surface area (TPSA) is 153 Å². The van der Waals surface area contributed by atoms with Gasteiger partial charge in [-0.25, -0.2) is 27.9 Å². The van der Waals surface area contributed by atoms with E-state index in [0.29, 0.717) is 11.4 Å². The molecule has 0 fully saturated rings. The molecule has 1 unspecified atom stereocenters. The summed E-state index contributed by atoms with van der Waals surface area (Å²) in [5.41, 5.74) is 6.58. The molecule has 1 amide bonds. The molecule has 2 aromatic carbocycles. The Hall–Kier alpha value is -3.99. The van der Waals surface area contributed by atoms with E-state index in [0.717, 1.165) is 0 Å². The van der Waals surface area contributed by atoms with Crippen LogP contribution in [0.3, 0.4) is 0 Å². The summed E-state index contributed by atoms with van der Waals surface area (Å²) in [6.07, 6.45) is 1.73. The summed E-state index contributed by atoms with van der Waals surface area (Å²) in [5, 5.41) is 2.56. The van der Waals surface area contributed by atoms with E-state index < -0.39 is 28.0 Å². The molecule has 0 aliphatic carbocycles. The fourth-order valence-corrected chi connectivity index (χ4v) is 3.40. The van der Waals surface area contributed by atoms with Crippen molar-refractivity contribution in [2.24, 2.45) is 0 Å². The van der Waals surface area contributed by atoms with Gasteiger partial charge in [-0.15, -0.1) is 0 Å². The van der Waals surface area contributed by atoms with Gasteiger partial charge in [-0.2, -0.15) is 0 Å². The standard InChI is InChI=1S/C20H19N5O5S/c1-13(30-19(27)14-4-2-5-15(21)12-14)18(26)24-16-6-8-17(9-7-16)31(28,29)25-20-22-10-3-11-23-20/h2-13H,21H2,1H3,(H,24,26)(H,22,23,25). The monoisotopic (exact) mass is 441 g/mol. The van der Waals surface area contributed by atoms with Crippen LogP contribution in [0.2, 0.25) is 0 Å². The van der Waals surface area contributed by atoms with E-state index in [2.05, 4.69) is 20.0 Å². The zero-order valence-electron chi connectivity index (χ0n) is 16.3. The molecule has 0 bridgehead atoms. The quantitative estimate of drug-likeness (QED) is 0.372. The molecule has 1 atom stereocenters. The first kappa shape index (κ1) is 21.7. The lowest BCUT2D eigenvalue weighted by Gasteiger charge is -2.14. The molecule has 0 radical (unpaired) electrons. The second-order valence-corrected chi connectivity index (χ2v) is 8.05. The van der Waals surface area contributed by atoms with Gasteiger partial charge in [-0.1, -0.05) is 6.07 Å². The Bertz CT molecular complexity index is 1180. The van der Waals surface area contributed by atoms with Crippen LogP contribution in [-0.4, -0.2) is 36.4 Å². The van der Waals surface area contributed by atoms with Crippen molar-refractivity contribution < 1.29 is 22.7 Å². The number of anilines is 3. The second-order valence-electron chi connectivity index (χ2n) is 6.36. The van der Waals surface area contributed by atoms with Crippen molar-refractivity contribution in [3.63, 3.8) is 0 Å². The Morgan fingerprint density at radius 2 is 1.71 bits per heavy atom. The Labute approximate surface area is 178 Å². The molecule has 10 nitrogen and oxygen atoms in total. The molecule has 0 spiro atoms.